The zero-order valence-corrected chi connectivity index (χ0v) is 25.0. The Morgan fingerprint density at radius 2 is 1.92 bits per heavy atom. The van der Waals surface area contributed by atoms with Gasteiger partial charge in [0.1, 0.15) is 5.82 Å². The molecule has 0 aliphatic heterocycles. The molecule has 6 heteroatoms. The summed E-state index contributed by atoms with van der Waals surface area (Å²) in [7, 11) is 2.08. The molecule has 0 fully saturated rings. The summed E-state index contributed by atoms with van der Waals surface area (Å²) in [6, 6.07) is 7.76. The van der Waals surface area contributed by atoms with Gasteiger partial charge in [0.15, 0.2) is 0 Å². The molecule has 0 radical (unpaired) electrons. The van der Waals surface area contributed by atoms with E-state index >= 15 is 0 Å². The highest BCUT2D eigenvalue weighted by atomic mass is 19.1. The maximum atomic E-state index is 13.9. The van der Waals surface area contributed by atoms with Gasteiger partial charge < -0.3 is 14.9 Å². The van der Waals surface area contributed by atoms with Crippen LogP contribution >= 0.6 is 0 Å². The fraction of sp³-hybridized carbons (Fsp3) is 0.455. The molecule has 0 aliphatic rings. The van der Waals surface area contributed by atoms with Crippen LogP contribution in [0.15, 0.2) is 60.0 Å². The Hall–Kier alpha value is -3.25. The zero-order valence-electron chi connectivity index (χ0n) is 25.0. The SMILES string of the molecule is C=N/C=C\N(CC)Cc1cc(/C(=C/N(C)CC)C(=C)C)c(CC)c(C(C)C(CO)Cc2ccc(F)c(C)n2)c1. The average molecular weight is 535 g/mol. The van der Waals surface area contributed by atoms with Crippen LogP contribution in [-0.2, 0) is 19.4 Å². The molecule has 1 N–H and O–H groups in total. The minimum absolute atomic E-state index is 0.0125. The lowest BCUT2D eigenvalue weighted by Gasteiger charge is -2.29. The molecule has 0 aliphatic carbocycles. The Morgan fingerprint density at radius 1 is 1.21 bits per heavy atom. The highest BCUT2D eigenvalue weighted by Gasteiger charge is 2.25. The first-order chi connectivity index (χ1) is 18.6. The van der Waals surface area contributed by atoms with Gasteiger partial charge in [-0.05, 0) is 105 Å². The lowest BCUT2D eigenvalue weighted by Crippen LogP contribution is -2.21. The zero-order chi connectivity index (χ0) is 29.1. The normalized spacial score (nSPS) is 13.4. The number of halogens is 1. The Morgan fingerprint density at radius 3 is 2.46 bits per heavy atom. The molecule has 0 spiro atoms. The molecule has 1 aromatic carbocycles. The first-order valence-corrected chi connectivity index (χ1v) is 13.9. The van der Waals surface area contributed by atoms with Gasteiger partial charge in [0.05, 0.1) is 5.69 Å². The van der Waals surface area contributed by atoms with Crippen molar-refractivity contribution in [1.29, 1.82) is 0 Å². The van der Waals surface area contributed by atoms with E-state index in [0.717, 1.165) is 42.9 Å². The summed E-state index contributed by atoms with van der Waals surface area (Å²) in [6.45, 7) is 22.7. The fourth-order valence-corrected chi connectivity index (χ4v) is 4.89. The molecule has 212 valence electrons. The highest BCUT2D eigenvalue weighted by molar-refractivity contribution is 5.80. The van der Waals surface area contributed by atoms with E-state index in [-0.39, 0.29) is 24.3 Å². The van der Waals surface area contributed by atoms with E-state index in [1.54, 1.807) is 19.2 Å². The van der Waals surface area contributed by atoms with Crippen LogP contribution in [0.3, 0.4) is 0 Å². The molecule has 39 heavy (non-hydrogen) atoms. The second kappa shape index (κ2) is 15.4. The van der Waals surface area contributed by atoms with E-state index < -0.39 is 0 Å². The van der Waals surface area contributed by atoms with Crippen molar-refractivity contribution in [1.82, 2.24) is 14.8 Å². The van der Waals surface area contributed by atoms with Crippen molar-refractivity contribution in [3.8, 4) is 0 Å². The second-order valence-electron chi connectivity index (χ2n) is 10.3. The Labute approximate surface area is 235 Å². The van der Waals surface area contributed by atoms with Gasteiger partial charge in [-0.3, -0.25) is 9.98 Å². The molecule has 1 aromatic heterocycles. The van der Waals surface area contributed by atoms with Crippen LogP contribution in [0, 0.1) is 18.7 Å². The summed E-state index contributed by atoms with van der Waals surface area (Å²) < 4.78 is 13.9. The van der Waals surface area contributed by atoms with Crippen LogP contribution < -0.4 is 0 Å². The maximum Gasteiger partial charge on any atom is 0.144 e. The first-order valence-electron chi connectivity index (χ1n) is 13.9. The van der Waals surface area contributed by atoms with Crippen molar-refractivity contribution >= 4 is 12.3 Å². The minimum atomic E-state index is -0.310. The third-order valence-electron chi connectivity index (χ3n) is 7.45. The average Bonchev–Trinajstić information content (AvgIpc) is 2.93. The van der Waals surface area contributed by atoms with Crippen LogP contribution in [0.2, 0.25) is 0 Å². The number of nitrogens with zero attached hydrogens (tertiary/aromatic N) is 4. The molecule has 0 bridgehead atoms. The van der Waals surface area contributed by atoms with Gasteiger partial charge in [-0.2, -0.15) is 0 Å². The highest BCUT2D eigenvalue weighted by Crippen LogP contribution is 2.37. The molecule has 5 nitrogen and oxygen atoms in total. The number of allylic oxidation sites excluding steroid dienone is 2. The van der Waals surface area contributed by atoms with Crippen LogP contribution in [0.4, 0.5) is 4.39 Å². The number of aromatic nitrogens is 1. The van der Waals surface area contributed by atoms with Crippen LogP contribution in [0.1, 0.15) is 74.2 Å². The van der Waals surface area contributed by atoms with Gasteiger partial charge in [0.25, 0.3) is 0 Å². The van der Waals surface area contributed by atoms with Crippen LogP contribution in [0.5, 0.6) is 0 Å². The summed E-state index contributed by atoms with van der Waals surface area (Å²) in [5, 5.41) is 10.5. The Bertz CT molecular complexity index is 1190. The van der Waals surface area contributed by atoms with Crippen molar-refractivity contribution < 1.29 is 9.50 Å². The van der Waals surface area contributed by atoms with Crippen molar-refractivity contribution in [3.05, 3.63) is 94.5 Å². The third-order valence-corrected chi connectivity index (χ3v) is 7.45. The lowest BCUT2D eigenvalue weighted by molar-refractivity contribution is 0.206. The van der Waals surface area contributed by atoms with Gasteiger partial charge in [-0.15, -0.1) is 0 Å². The van der Waals surface area contributed by atoms with Crippen molar-refractivity contribution in [2.75, 3.05) is 26.7 Å². The largest absolute Gasteiger partial charge is 0.396 e. The summed E-state index contributed by atoms with van der Waals surface area (Å²) in [5.74, 6) is -0.333. The molecule has 1 heterocycles. The quantitative estimate of drug-likeness (QED) is 0.199. The van der Waals surface area contributed by atoms with Gasteiger partial charge >= 0.3 is 0 Å². The van der Waals surface area contributed by atoms with E-state index in [0.29, 0.717) is 12.1 Å². The number of benzene rings is 1. The Balaban J connectivity index is 2.71. The molecular formula is C33H47FN4O. The van der Waals surface area contributed by atoms with E-state index in [1.165, 1.54) is 28.3 Å². The minimum Gasteiger partial charge on any atom is -0.396 e. The monoisotopic (exact) mass is 534 g/mol. The number of aliphatic imine (C=N–C) groups is 1. The number of pyridine rings is 1. The molecular weight excluding hydrogens is 487 g/mol. The van der Waals surface area contributed by atoms with Crippen LogP contribution in [0.25, 0.3) is 5.57 Å². The van der Waals surface area contributed by atoms with Crippen molar-refractivity contribution in [3.63, 3.8) is 0 Å². The van der Waals surface area contributed by atoms with Gasteiger partial charge in [0, 0.05) is 63.2 Å². The second-order valence-corrected chi connectivity index (χ2v) is 10.3. The topological polar surface area (TPSA) is 52.0 Å². The number of rotatable bonds is 15. The Kier molecular flexibility index (Phi) is 12.6. The molecule has 0 saturated heterocycles. The summed E-state index contributed by atoms with van der Waals surface area (Å²) >= 11 is 0. The van der Waals surface area contributed by atoms with Crippen molar-refractivity contribution in [2.24, 2.45) is 10.9 Å². The van der Waals surface area contributed by atoms with E-state index in [2.05, 4.69) is 93.1 Å². The summed E-state index contributed by atoms with van der Waals surface area (Å²) in [5.41, 5.74) is 8.14. The number of aliphatic hydroxyl groups excluding tert-OH is 1. The van der Waals surface area contributed by atoms with Gasteiger partial charge in [-0.1, -0.05) is 26.5 Å². The molecule has 2 atom stereocenters. The van der Waals surface area contributed by atoms with E-state index in [4.69, 9.17) is 0 Å². The lowest BCUT2D eigenvalue weighted by atomic mass is 9.78. The number of hydrogen-bond acceptors (Lipinski definition) is 5. The summed E-state index contributed by atoms with van der Waals surface area (Å²) in [4.78, 5) is 12.7. The maximum absolute atomic E-state index is 13.9. The molecule has 0 amide bonds. The summed E-state index contributed by atoms with van der Waals surface area (Å²) in [6.07, 6.45) is 7.27. The predicted octanol–water partition coefficient (Wildman–Crippen LogP) is 6.91. The third kappa shape index (κ3) is 8.62. The fourth-order valence-electron chi connectivity index (χ4n) is 4.89. The van der Waals surface area contributed by atoms with E-state index in [1.807, 2.05) is 6.20 Å². The smallest absolute Gasteiger partial charge is 0.144 e. The molecule has 0 saturated carbocycles. The standard InChI is InChI=1S/C33H47FN4O/c1-10-29-30(24(6)27(22-39)19-28-13-14-33(34)25(7)36-28)17-26(20-38(12-3)16-15-35-8)18-31(29)32(23(4)5)21-37(9)11-2/h13-18,21,24,27,39H,4,8,10-12,19-20,22H2,1-3,5-7,9H3/b16-15-,32-21+. The number of hydrogen-bond donors (Lipinski definition) is 1. The van der Waals surface area contributed by atoms with Gasteiger partial charge in [0.2, 0.25) is 0 Å². The number of aryl methyl sites for hydroxylation is 1. The predicted molar refractivity (Wildman–Crippen MR) is 163 cm³/mol. The van der Waals surface area contributed by atoms with Gasteiger partial charge in [-0.25, -0.2) is 4.39 Å². The molecule has 2 unspecified atom stereocenters. The number of aliphatic hydroxyl groups is 1. The van der Waals surface area contributed by atoms with Crippen molar-refractivity contribution in [2.45, 2.75) is 66.8 Å². The van der Waals surface area contributed by atoms with Crippen LogP contribution in [-0.4, -0.2) is 53.4 Å². The molecule has 2 rings (SSSR count). The van der Waals surface area contributed by atoms with E-state index in [9.17, 15) is 9.50 Å². The molecule has 2 aromatic rings. The first kappa shape index (κ1) is 32.0.